The standard InChI is InChI=1S/C10H19N3O2/c1-8(2)14-7-6-11-5-4-10-12-9(3)13-15-10/h8,11H,4-7H2,1-3H3. The van der Waals surface area contributed by atoms with E-state index >= 15 is 0 Å². The zero-order valence-electron chi connectivity index (χ0n) is 9.62. The third-order valence-corrected chi connectivity index (χ3v) is 1.82. The number of hydrogen-bond acceptors (Lipinski definition) is 5. The second-order valence-corrected chi connectivity index (χ2v) is 3.65. The van der Waals surface area contributed by atoms with Crippen LogP contribution in [0.4, 0.5) is 0 Å². The van der Waals surface area contributed by atoms with Crippen LogP contribution in [0.2, 0.25) is 0 Å². The number of nitrogens with zero attached hydrogens (tertiary/aromatic N) is 2. The summed E-state index contributed by atoms with van der Waals surface area (Å²) in [5, 5.41) is 6.96. The highest BCUT2D eigenvalue weighted by molar-refractivity contribution is 4.83. The molecule has 0 spiro atoms. The fourth-order valence-electron chi connectivity index (χ4n) is 1.13. The van der Waals surface area contributed by atoms with Crippen molar-refractivity contribution in [1.82, 2.24) is 15.5 Å². The van der Waals surface area contributed by atoms with E-state index < -0.39 is 0 Å². The van der Waals surface area contributed by atoms with Crippen molar-refractivity contribution in [2.45, 2.75) is 33.3 Å². The van der Waals surface area contributed by atoms with Crippen molar-refractivity contribution < 1.29 is 9.26 Å². The quantitative estimate of drug-likeness (QED) is 0.683. The number of aromatic nitrogens is 2. The summed E-state index contributed by atoms with van der Waals surface area (Å²) in [6.07, 6.45) is 1.06. The summed E-state index contributed by atoms with van der Waals surface area (Å²) in [6, 6.07) is 0. The molecular formula is C10H19N3O2. The Hall–Kier alpha value is -0.940. The van der Waals surface area contributed by atoms with Crippen molar-refractivity contribution in [2.75, 3.05) is 19.7 Å². The third-order valence-electron chi connectivity index (χ3n) is 1.82. The molecule has 1 aromatic heterocycles. The summed E-state index contributed by atoms with van der Waals surface area (Å²) >= 11 is 0. The number of rotatable bonds is 7. The van der Waals surface area contributed by atoms with E-state index in [1.165, 1.54) is 0 Å². The van der Waals surface area contributed by atoms with E-state index in [4.69, 9.17) is 9.26 Å². The maximum Gasteiger partial charge on any atom is 0.227 e. The molecule has 0 aromatic carbocycles. The monoisotopic (exact) mass is 213 g/mol. The van der Waals surface area contributed by atoms with Crippen LogP contribution in [0.5, 0.6) is 0 Å². The lowest BCUT2D eigenvalue weighted by Gasteiger charge is -2.07. The molecule has 1 heterocycles. The van der Waals surface area contributed by atoms with E-state index in [2.05, 4.69) is 15.5 Å². The predicted molar refractivity (Wildman–Crippen MR) is 56.7 cm³/mol. The third kappa shape index (κ3) is 5.49. The summed E-state index contributed by atoms with van der Waals surface area (Å²) < 4.78 is 10.4. The van der Waals surface area contributed by atoms with Gasteiger partial charge in [-0.05, 0) is 20.8 Å². The van der Waals surface area contributed by atoms with Gasteiger partial charge in [0.2, 0.25) is 5.89 Å². The Morgan fingerprint density at radius 1 is 1.40 bits per heavy atom. The minimum Gasteiger partial charge on any atom is -0.377 e. The Labute approximate surface area is 90.2 Å². The summed E-state index contributed by atoms with van der Waals surface area (Å²) in [5.41, 5.74) is 0. The molecule has 0 bridgehead atoms. The van der Waals surface area contributed by atoms with Gasteiger partial charge in [-0.15, -0.1) is 0 Å². The largest absolute Gasteiger partial charge is 0.377 e. The summed E-state index contributed by atoms with van der Waals surface area (Å²) in [5.74, 6) is 1.37. The van der Waals surface area contributed by atoms with E-state index in [0.29, 0.717) is 17.8 Å². The molecule has 0 aliphatic carbocycles. The molecule has 0 saturated carbocycles. The van der Waals surface area contributed by atoms with Crippen LogP contribution in [0.15, 0.2) is 4.52 Å². The normalized spacial score (nSPS) is 11.2. The van der Waals surface area contributed by atoms with E-state index in [1.807, 2.05) is 20.8 Å². The van der Waals surface area contributed by atoms with Gasteiger partial charge in [0.05, 0.1) is 12.7 Å². The van der Waals surface area contributed by atoms with Gasteiger partial charge >= 0.3 is 0 Å². The molecule has 0 radical (unpaired) electrons. The Bertz CT molecular complexity index is 273. The maximum absolute atomic E-state index is 5.38. The first-order valence-corrected chi connectivity index (χ1v) is 5.30. The molecule has 0 aliphatic heterocycles. The van der Waals surface area contributed by atoms with Gasteiger partial charge < -0.3 is 14.6 Å². The lowest BCUT2D eigenvalue weighted by molar-refractivity contribution is 0.0809. The second-order valence-electron chi connectivity index (χ2n) is 3.65. The maximum atomic E-state index is 5.38. The molecule has 0 saturated heterocycles. The minimum absolute atomic E-state index is 0.297. The van der Waals surface area contributed by atoms with E-state index in [1.54, 1.807) is 0 Å². The molecule has 0 amide bonds. The lowest BCUT2D eigenvalue weighted by atomic mass is 10.4. The Morgan fingerprint density at radius 2 is 2.20 bits per heavy atom. The average molecular weight is 213 g/mol. The number of nitrogens with one attached hydrogen (secondary N) is 1. The van der Waals surface area contributed by atoms with Gasteiger partial charge in [0.15, 0.2) is 5.82 Å². The number of hydrogen-bond donors (Lipinski definition) is 1. The second kappa shape index (κ2) is 6.53. The van der Waals surface area contributed by atoms with Crippen molar-refractivity contribution >= 4 is 0 Å². The molecule has 0 aliphatic rings. The molecule has 5 heteroatoms. The first-order chi connectivity index (χ1) is 7.18. The van der Waals surface area contributed by atoms with Crippen LogP contribution in [-0.2, 0) is 11.2 Å². The average Bonchev–Trinajstić information content (AvgIpc) is 2.57. The van der Waals surface area contributed by atoms with Crippen molar-refractivity contribution in [3.63, 3.8) is 0 Å². The summed E-state index contributed by atoms with van der Waals surface area (Å²) in [6.45, 7) is 8.30. The molecule has 15 heavy (non-hydrogen) atoms. The highest BCUT2D eigenvalue weighted by Crippen LogP contribution is 1.95. The molecule has 0 atom stereocenters. The topological polar surface area (TPSA) is 60.2 Å². The van der Waals surface area contributed by atoms with Crippen molar-refractivity contribution in [3.05, 3.63) is 11.7 Å². The van der Waals surface area contributed by atoms with E-state index in [9.17, 15) is 0 Å². The minimum atomic E-state index is 0.297. The molecule has 0 fully saturated rings. The van der Waals surface area contributed by atoms with Gasteiger partial charge in [0.1, 0.15) is 0 Å². The van der Waals surface area contributed by atoms with Crippen LogP contribution in [0.3, 0.4) is 0 Å². The van der Waals surface area contributed by atoms with E-state index in [0.717, 1.165) is 26.1 Å². The fourth-order valence-corrected chi connectivity index (χ4v) is 1.13. The lowest BCUT2D eigenvalue weighted by Crippen LogP contribution is -2.23. The highest BCUT2D eigenvalue weighted by Gasteiger charge is 2.01. The van der Waals surface area contributed by atoms with Gasteiger partial charge in [-0.25, -0.2) is 0 Å². The number of aryl methyl sites for hydroxylation is 1. The zero-order valence-corrected chi connectivity index (χ0v) is 9.62. The van der Waals surface area contributed by atoms with Gasteiger partial charge in [-0.3, -0.25) is 0 Å². The first kappa shape index (κ1) is 12.1. The summed E-state index contributed by atoms with van der Waals surface area (Å²) in [7, 11) is 0. The molecule has 1 aromatic rings. The predicted octanol–water partition coefficient (Wildman–Crippen LogP) is 0.935. The number of ether oxygens (including phenoxy) is 1. The van der Waals surface area contributed by atoms with Crippen LogP contribution in [0.1, 0.15) is 25.6 Å². The van der Waals surface area contributed by atoms with Crippen molar-refractivity contribution in [2.24, 2.45) is 0 Å². The Kier molecular flexibility index (Phi) is 5.28. The first-order valence-electron chi connectivity index (χ1n) is 5.30. The molecular weight excluding hydrogens is 194 g/mol. The van der Waals surface area contributed by atoms with Crippen LogP contribution in [0, 0.1) is 6.92 Å². The van der Waals surface area contributed by atoms with Crippen molar-refractivity contribution in [3.8, 4) is 0 Å². The van der Waals surface area contributed by atoms with Gasteiger partial charge in [-0.1, -0.05) is 5.16 Å². The van der Waals surface area contributed by atoms with Crippen LogP contribution in [0.25, 0.3) is 0 Å². The molecule has 1 N–H and O–H groups in total. The highest BCUT2D eigenvalue weighted by atomic mass is 16.5. The molecule has 5 nitrogen and oxygen atoms in total. The zero-order chi connectivity index (χ0) is 11.1. The SMILES string of the molecule is Cc1noc(CCNCCOC(C)C)n1. The Balaban J connectivity index is 1.98. The van der Waals surface area contributed by atoms with Gasteiger partial charge in [0, 0.05) is 19.5 Å². The summed E-state index contributed by atoms with van der Waals surface area (Å²) in [4.78, 5) is 4.11. The molecule has 0 unspecified atom stereocenters. The fraction of sp³-hybridized carbons (Fsp3) is 0.800. The van der Waals surface area contributed by atoms with Crippen LogP contribution < -0.4 is 5.32 Å². The van der Waals surface area contributed by atoms with Gasteiger partial charge in [-0.2, -0.15) is 4.98 Å². The van der Waals surface area contributed by atoms with Gasteiger partial charge in [0.25, 0.3) is 0 Å². The van der Waals surface area contributed by atoms with Crippen LogP contribution in [-0.4, -0.2) is 35.9 Å². The Morgan fingerprint density at radius 3 is 2.80 bits per heavy atom. The molecule has 1 rings (SSSR count). The van der Waals surface area contributed by atoms with Crippen LogP contribution >= 0.6 is 0 Å². The molecule has 86 valence electrons. The van der Waals surface area contributed by atoms with Crippen molar-refractivity contribution in [1.29, 1.82) is 0 Å². The smallest absolute Gasteiger partial charge is 0.227 e. The van der Waals surface area contributed by atoms with E-state index in [-0.39, 0.29) is 0 Å².